The molecule has 1 fully saturated rings. The molecule has 0 spiro atoms. The lowest BCUT2D eigenvalue weighted by atomic mass is 9.86. The van der Waals surface area contributed by atoms with Crippen molar-refractivity contribution in [1.29, 1.82) is 5.26 Å². The van der Waals surface area contributed by atoms with Crippen LogP contribution in [0.2, 0.25) is 0 Å². The minimum atomic E-state index is -0.324. The molecule has 4 rings (SSSR count). The average molecular weight is 393 g/mol. The number of benzene rings is 2. The molecule has 0 radical (unpaired) electrons. The third kappa shape index (κ3) is 3.27. The third-order valence-electron chi connectivity index (χ3n) is 5.42. The Balaban J connectivity index is 1.65. The Morgan fingerprint density at radius 2 is 1.89 bits per heavy atom. The summed E-state index contributed by atoms with van der Waals surface area (Å²) < 4.78 is 13.3. The molecule has 4 nitrogen and oxygen atoms in total. The van der Waals surface area contributed by atoms with Crippen molar-refractivity contribution in [1.82, 2.24) is 4.90 Å². The quantitative estimate of drug-likeness (QED) is 0.744. The minimum absolute atomic E-state index is 0.00985. The van der Waals surface area contributed by atoms with E-state index in [9.17, 15) is 14.4 Å². The summed E-state index contributed by atoms with van der Waals surface area (Å²) >= 11 is 1.51. The molecule has 0 aromatic heterocycles. The lowest BCUT2D eigenvalue weighted by Gasteiger charge is -2.42. The molecule has 0 N–H and O–H groups in total. The van der Waals surface area contributed by atoms with Crippen LogP contribution in [0.4, 0.5) is 10.1 Å². The van der Waals surface area contributed by atoms with Crippen molar-refractivity contribution in [2.75, 3.05) is 17.4 Å². The number of carbonyl (C=O) groups is 1. The van der Waals surface area contributed by atoms with Crippen molar-refractivity contribution in [3.05, 3.63) is 75.6 Å². The predicted molar refractivity (Wildman–Crippen MR) is 109 cm³/mol. The van der Waals surface area contributed by atoms with Crippen LogP contribution in [-0.4, -0.2) is 23.4 Å². The zero-order chi connectivity index (χ0) is 19.8. The lowest BCUT2D eigenvalue weighted by Crippen LogP contribution is -2.47. The number of rotatable bonds is 2. The maximum Gasteiger partial charge on any atom is 0.229 e. The molecule has 0 saturated carbocycles. The summed E-state index contributed by atoms with van der Waals surface area (Å²) in [4.78, 5) is 16.8. The molecule has 0 bridgehead atoms. The molecule has 1 amide bonds. The van der Waals surface area contributed by atoms with Crippen LogP contribution in [0.1, 0.15) is 29.0 Å². The van der Waals surface area contributed by atoms with Gasteiger partial charge in [-0.05, 0) is 54.8 Å². The SMILES string of the molecule is Cc1ccc(N2CSC3=C(C#N)C(c4ccc(F)cc4)CC(=O)N3C2)cc1C. The second-order valence-corrected chi connectivity index (χ2v) is 8.12. The molecule has 28 heavy (non-hydrogen) atoms. The van der Waals surface area contributed by atoms with Crippen molar-refractivity contribution < 1.29 is 9.18 Å². The summed E-state index contributed by atoms with van der Waals surface area (Å²) in [6, 6.07) is 14.7. The van der Waals surface area contributed by atoms with E-state index >= 15 is 0 Å². The van der Waals surface area contributed by atoms with Crippen LogP contribution >= 0.6 is 11.8 Å². The first kappa shape index (κ1) is 18.6. The van der Waals surface area contributed by atoms with Crippen LogP contribution < -0.4 is 4.90 Å². The number of aryl methyl sites for hydroxylation is 2. The topological polar surface area (TPSA) is 47.3 Å². The highest BCUT2D eigenvalue weighted by atomic mass is 32.2. The number of nitriles is 1. The van der Waals surface area contributed by atoms with Crippen LogP contribution in [0, 0.1) is 31.0 Å². The summed E-state index contributed by atoms with van der Waals surface area (Å²) in [6.07, 6.45) is 0.222. The predicted octanol–water partition coefficient (Wildman–Crippen LogP) is 4.66. The number of carbonyl (C=O) groups excluding carboxylic acids is 1. The maximum absolute atomic E-state index is 13.3. The number of nitrogens with zero attached hydrogens (tertiary/aromatic N) is 3. The first-order valence-corrected chi connectivity index (χ1v) is 10.1. The molecular weight excluding hydrogens is 373 g/mol. The van der Waals surface area contributed by atoms with Gasteiger partial charge in [0.15, 0.2) is 0 Å². The van der Waals surface area contributed by atoms with Gasteiger partial charge in [-0.3, -0.25) is 9.69 Å². The van der Waals surface area contributed by atoms with Gasteiger partial charge in [0.05, 0.1) is 29.2 Å². The molecule has 2 aromatic rings. The number of hydrogen-bond donors (Lipinski definition) is 0. The molecule has 142 valence electrons. The Morgan fingerprint density at radius 1 is 1.14 bits per heavy atom. The number of hydrogen-bond acceptors (Lipinski definition) is 4. The molecule has 2 aromatic carbocycles. The van der Waals surface area contributed by atoms with E-state index in [-0.39, 0.29) is 24.1 Å². The van der Waals surface area contributed by atoms with Gasteiger partial charge in [0.1, 0.15) is 5.82 Å². The lowest BCUT2D eigenvalue weighted by molar-refractivity contribution is -0.129. The molecule has 6 heteroatoms. The molecular formula is C22H20FN3OS. The molecule has 1 atom stereocenters. The number of halogens is 1. The Hall–Kier alpha value is -2.78. The second kappa shape index (κ2) is 7.33. The van der Waals surface area contributed by atoms with Gasteiger partial charge in [-0.25, -0.2) is 4.39 Å². The van der Waals surface area contributed by atoms with Crippen LogP contribution in [0.5, 0.6) is 0 Å². The van der Waals surface area contributed by atoms with E-state index in [0.29, 0.717) is 18.1 Å². The highest BCUT2D eigenvalue weighted by molar-refractivity contribution is 8.03. The maximum atomic E-state index is 13.3. The fraction of sp³-hybridized carbons (Fsp3) is 0.273. The first-order valence-electron chi connectivity index (χ1n) is 9.13. The van der Waals surface area contributed by atoms with Crippen LogP contribution in [0.25, 0.3) is 0 Å². The molecule has 1 unspecified atom stereocenters. The third-order valence-corrected chi connectivity index (χ3v) is 6.58. The minimum Gasteiger partial charge on any atom is -0.344 e. The van der Waals surface area contributed by atoms with Gasteiger partial charge < -0.3 is 4.90 Å². The average Bonchev–Trinajstić information content (AvgIpc) is 2.70. The van der Waals surface area contributed by atoms with Gasteiger partial charge in [0.25, 0.3) is 0 Å². The molecule has 2 aliphatic heterocycles. The van der Waals surface area contributed by atoms with Crippen molar-refractivity contribution in [2.45, 2.75) is 26.2 Å². The largest absolute Gasteiger partial charge is 0.344 e. The molecule has 2 heterocycles. The van der Waals surface area contributed by atoms with E-state index in [1.54, 1.807) is 17.0 Å². The summed E-state index contributed by atoms with van der Waals surface area (Å²) in [5, 5.41) is 10.5. The van der Waals surface area contributed by atoms with E-state index in [0.717, 1.165) is 16.3 Å². The smallest absolute Gasteiger partial charge is 0.229 e. The number of thioether (sulfide) groups is 1. The number of anilines is 1. The van der Waals surface area contributed by atoms with Crippen LogP contribution in [0.3, 0.4) is 0 Å². The van der Waals surface area contributed by atoms with Crippen molar-refractivity contribution >= 4 is 23.4 Å². The number of amides is 1. The van der Waals surface area contributed by atoms with Gasteiger partial charge in [-0.1, -0.05) is 30.0 Å². The summed E-state index contributed by atoms with van der Waals surface area (Å²) in [5.74, 6) is 0.0206. The zero-order valence-electron chi connectivity index (χ0n) is 15.8. The first-order chi connectivity index (χ1) is 13.5. The number of allylic oxidation sites excluding steroid dienone is 1. The molecule has 0 aliphatic carbocycles. The van der Waals surface area contributed by atoms with E-state index < -0.39 is 0 Å². The van der Waals surface area contributed by atoms with Crippen LogP contribution in [-0.2, 0) is 4.79 Å². The highest BCUT2D eigenvalue weighted by Gasteiger charge is 2.38. The Labute approximate surface area is 168 Å². The molecule has 1 saturated heterocycles. The normalized spacial score (nSPS) is 19.5. The van der Waals surface area contributed by atoms with Gasteiger partial charge >= 0.3 is 0 Å². The van der Waals surface area contributed by atoms with Crippen LogP contribution in [0.15, 0.2) is 53.1 Å². The van der Waals surface area contributed by atoms with Gasteiger partial charge in [-0.2, -0.15) is 5.26 Å². The van der Waals surface area contributed by atoms with Crippen molar-refractivity contribution in [3.63, 3.8) is 0 Å². The van der Waals surface area contributed by atoms with E-state index in [1.807, 2.05) is 0 Å². The monoisotopic (exact) mass is 393 g/mol. The fourth-order valence-electron chi connectivity index (χ4n) is 3.63. The van der Waals surface area contributed by atoms with Crippen molar-refractivity contribution in [3.8, 4) is 6.07 Å². The second-order valence-electron chi connectivity index (χ2n) is 7.18. The summed E-state index contributed by atoms with van der Waals surface area (Å²) in [5.41, 5.74) is 4.91. The summed E-state index contributed by atoms with van der Waals surface area (Å²) in [6.45, 7) is 4.59. The van der Waals surface area contributed by atoms with E-state index in [2.05, 4.69) is 43.0 Å². The van der Waals surface area contributed by atoms with Gasteiger partial charge in [-0.15, -0.1) is 0 Å². The Kier molecular flexibility index (Phi) is 4.86. The number of fused-ring (bicyclic) bond motifs is 1. The molecule has 2 aliphatic rings. The van der Waals surface area contributed by atoms with Gasteiger partial charge in [0.2, 0.25) is 5.91 Å². The van der Waals surface area contributed by atoms with Crippen molar-refractivity contribution in [2.24, 2.45) is 0 Å². The Morgan fingerprint density at radius 3 is 2.57 bits per heavy atom. The summed E-state index contributed by atoms with van der Waals surface area (Å²) in [7, 11) is 0. The Bertz CT molecular complexity index is 1010. The fourth-order valence-corrected chi connectivity index (χ4v) is 4.80. The van der Waals surface area contributed by atoms with Gasteiger partial charge in [0, 0.05) is 18.0 Å². The zero-order valence-corrected chi connectivity index (χ0v) is 16.6. The van der Waals surface area contributed by atoms with E-state index in [1.165, 1.54) is 35.0 Å². The highest BCUT2D eigenvalue weighted by Crippen LogP contribution is 2.43. The van der Waals surface area contributed by atoms with E-state index in [4.69, 9.17) is 0 Å². The standard InChI is InChI=1S/C22H20FN3OS/c1-14-3-8-18(9-15(14)2)25-12-26-21(27)10-19(16-4-6-17(23)7-5-16)20(11-24)22(26)28-13-25/h3-9,19H,10,12-13H2,1-2H3.